The fourth-order valence-electron chi connectivity index (χ4n) is 4.47. The molecule has 1 fully saturated rings. The van der Waals surface area contributed by atoms with Crippen molar-refractivity contribution in [2.45, 2.75) is 49.7 Å². The Hall–Kier alpha value is -2.14. The zero-order valence-electron chi connectivity index (χ0n) is 18.9. The van der Waals surface area contributed by atoms with E-state index in [0.717, 1.165) is 30.0 Å². The normalized spacial score (nSPS) is 22.0. The fourth-order valence-corrected chi connectivity index (χ4v) is 5.89. The molecule has 1 aliphatic carbocycles. The first kappa shape index (κ1) is 25.5. The number of nitrogens with zero attached hydrogens (tertiary/aromatic N) is 1. The highest BCUT2D eigenvalue weighted by atomic mass is 32.2. The first-order chi connectivity index (χ1) is 15.8. The molecule has 0 aromatic heterocycles. The SMILES string of the molecule is COc1ccc(S(=O)(=O)N(CCO)CCO[C@H]2C[C@@H](C3CCCCC3)C=C(C(=O)O)O2)cc1. The molecule has 33 heavy (non-hydrogen) atoms. The molecule has 2 aliphatic rings. The predicted molar refractivity (Wildman–Crippen MR) is 120 cm³/mol. The number of methoxy groups -OCH3 is 1. The van der Waals surface area contributed by atoms with E-state index in [0.29, 0.717) is 18.1 Å². The van der Waals surface area contributed by atoms with Crippen LogP contribution in [0.5, 0.6) is 5.75 Å². The summed E-state index contributed by atoms with van der Waals surface area (Å²) in [6.45, 7) is -0.432. The molecule has 0 radical (unpaired) electrons. The number of carbonyl (C=O) groups is 1. The number of aliphatic hydroxyl groups is 1. The predicted octanol–water partition coefficient (Wildman–Crippen LogP) is 2.61. The Morgan fingerprint density at radius 1 is 1.15 bits per heavy atom. The quantitative estimate of drug-likeness (QED) is 0.492. The third kappa shape index (κ3) is 6.69. The van der Waals surface area contributed by atoms with E-state index in [1.807, 2.05) is 0 Å². The van der Waals surface area contributed by atoms with Gasteiger partial charge in [0.15, 0.2) is 0 Å². The Balaban J connectivity index is 1.63. The Labute approximate surface area is 195 Å². The maximum atomic E-state index is 13.0. The molecule has 1 heterocycles. The molecule has 184 valence electrons. The molecule has 0 bridgehead atoms. The number of aliphatic carboxylic acids is 1. The fraction of sp³-hybridized carbons (Fsp3) is 0.609. The van der Waals surface area contributed by atoms with Crippen LogP contribution in [0.1, 0.15) is 38.5 Å². The van der Waals surface area contributed by atoms with E-state index in [4.69, 9.17) is 14.2 Å². The molecule has 9 nitrogen and oxygen atoms in total. The van der Waals surface area contributed by atoms with Crippen molar-refractivity contribution in [3.8, 4) is 5.75 Å². The Morgan fingerprint density at radius 3 is 2.45 bits per heavy atom. The van der Waals surface area contributed by atoms with Gasteiger partial charge in [-0.15, -0.1) is 0 Å². The average Bonchev–Trinajstić information content (AvgIpc) is 2.83. The van der Waals surface area contributed by atoms with Crippen LogP contribution in [0.3, 0.4) is 0 Å². The number of sulfonamides is 1. The van der Waals surface area contributed by atoms with Gasteiger partial charge in [0, 0.05) is 19.5 Å². The number of rotatable bonds is 11. The Kier molecular flexibility index (Phi) is 9.13. The van der Waals surface area contributed by atoms with Crippen molar-refractivity contribution < 1.29 is 37.6 Å². The van der Waals surface area contributed by atoms with E-state index < -0.39 is 22.3 Å². The number of ether oxygens (including phenoxy) is 3. The van der Waals surface area contributed by atoms with E-state index in [1.54, 1.807) is 18.2 Å². The van der Waals surface area contributed by atoms with Crippen molar-refractivity contribution in [2.75, 3.05) is 33.4 Å². The molecule has 2 atom stereocenters. The van der Waals surface area contributed by atoms with Gasteiger partial charge in [0.25, 0.3) is 0 Å². The molecule has 3 rings (SSSR count). The van der Waals surface area contributed by atoms with E-state index >= 15 is 0 Å². The first-order valence-electron chi connectivity index (χ1n) is 11.3. The summed E-state index contributed by atoms with van der Waals surface area (Å²) < 4.78 is 43.5. The van der Waals surface area contributed by atoms with Gasteiger partial charge >= 0.3 is 5.97 Å². The minimum absolute atomic E-state index is 0.00430. The smallest absolute Gasteiger partial charge is 0.370 e. The van der Waals surface area contributed by atoms with Gasteiger partial charge in [-0.1, -0.05) is 19.3 Å². The second kappa shape index (κ2) is 11.8. The van der Waals surface area contributed by atoms with Crippen LogP contribution in [0, 0.1) is 11.8 Å². The summed E-state index contributed by atoms with van der Waals surface area (Å²) in [6, 6.07) is 6.01. The van der Waals surface area contributed by atoms with Crippen LogP contribution in [-0.2, 0) is 24.3 Å². The molecule has 0 spiro atoms. The van der Waals surface area contributed by atoms with E-state index in [1.165, 1.54) is 25.7 Å². The average molecular weight is 484 g/mol. The number of benzene rings is 1. The maximum Gasteiger partial charge on any atom is 0.370 e. The van der Waals surface area contributed by atoms with Gasteiger partial charge in [-0.3, -0.25) is 0 Å². The topological polar surface area (TPSA) is 123 Å². The van der Waals surface area contributed by atoms with Crippen LogP contribution in [0.15, 0.2) is 41.0 Å². The van der Waals surface area contributed by atoms with Crippen molar-refractivity contribution in [1.29, 1.82) is 0 Å². The number of allylic oxidation sites excluding steroid dienone is 1. The van der Waals surface area contributed by atoms with E-state index in [-0.39, 0.29) is 42.9 Å². The highest BCUT2D eigenvalue weighted by molar-refractivity contribution is 7.89. The van der Waals surface area contributed by atoms with Crippen molar-refractivity contribution in [2.24, 2.45) is 11.8 Å². The lowest BCUT2D eigenvalue weighted by molar-refractivity contribution is -0.161. The molecule has 0 amide bonds. The summed E-state index contributed by atoms with van der Waals surface area (Å²) in [4.78, 5) is 11.6. The largest absolute Gasteiger partial charge is 0.497 e. The van der Waals surface area contributed by atoms with Crippen LogP contribution in [0.2, 0.25) is 0 Å². The van der Waals surface area contributed by atoms with Gasteiger partial charge < -0.3 is 24.4 Å². The van der Waals surface area contributed by atoms with Crippen molar-refractivity contribution in [3.05, 3.63) is 36.1 Å². The highest BCUT2D eigenvalue weighted by Gasteiger charge is 2.33. The summed E-state index contributed by atoms with van der Waals surface area (Å²) in [5.74, 6) is -0.237. The first-order valence-corrected chi connectivity index (χ1v) is 12.8. The summed E-state index contributed by atoms with van der Waals surface area (Å²) >= 11 is 0. The Morgan fingerprint density at radius 2 is 1.85 bits per heavy atom. The second-order valence-electron chi connectivity index (χ2n) is 8.36. The minimum atomic E-state index is -3.85. The van der Waals surface area contributed by atoms with Gasteiger partial charge in [0.05, 0.1) is 25.2 Å². The van der Waals surface area contributed by atoms with Crippen LogP contribution in [0.4, 0.5) is 0 Å². The van der Waals surface area contributed by atoms with E-state index in [9.17, 15) is 23.4 Å². The number of aliphatic hydroxyl groups excluding tert-OH is 1. The molecule has 1 aromatic rings. The second-order valence-corrected chi connectivity index (χ2v) is 10.3. The molecule has 2 N–H and O–H groups in total. The molecule has 0 unspecified atom stereocenters. The van der Waals surface area contributed by atoms with Gasteiger partial charge in [-0.25, -0.2) is 13.2 Å². The van der Waals surface area contributed by atoms with Crippen LogP contribution >= 0.6 is 0 Å². The van der Waals surface area contributed by atoms with Gasteiger partial charge in [-0.2, -0.15) is 4.31 Å². The Bertz CT molecular complexity index is 909. The summed E-state index contributed by atoms with van der Waals surface area (Å²) in [5, 5.41) is 18.8. The number of hydrogen-bond donors (Lipinski definition) is 2. The lowest BCUT2D eigenvalue weighted by Gasteiger charge is -2.34. The van der Waals surface area contributed by atoms with Gasteiger partial charge in [0.1, 0.15) is 5.75 Å². The third-order valence-electron chi connectivity index (χ3n) is 6.25. The van der Waals surface area contributed by atoms with Crippen molar-refractivity contribution in [1.82, 2.24) is 4.31 Å². The van der Waals surface area contributed by atoms with E-state index in [2.05, 4.69) is 0 Å². The number of carboxylic acids is 1. The lowest BCUT2D eigenvalue weighted by atomic mass is 9.77. The monoisotopic (exact) mass is 483 g/mol. The zero-order valence-corrected chi connectivity index (χ0v) is 19.7. The minimum Gasteiger partial charge on any atom is -0.497 e. The summed E-state index contributed by atoms with van der Waals surface area (Å²) in [6.07, 6.45) is 7.09. The maximum absolute atomic E-state index is 13.0. The molecule has 10 heteroatoms. The van der Waals surface area contributed by atoms with Gasteiger partial charge in [-0.05, 0) is 55.0 Å². The number of carboxylic acid groups (broad SMARTS) is 1. The highest BCUT2D eigenvalue weighted by Crippen LogP contribution is 2.37. The van der Waals surface area contributed by atoms with Crippen LogP contribution in [-0.4, -0.2) is 68.6 Å². The van der Waals surface area contributed by atoms with Crippen LogP contribution < -0.4 is 4.74 Å². The molecule has 1 saturated carbocycles. The molecular weight excluding hydrogens is 450 g/mol. The standard InChI is InChI=1S/C23H33NO8S/c1-30-19-7-9-20(10-8-19)33(28,29)24(11-13-25)12-14-31-22-16-18(15-21(32-22)23(26)27)17-5-3-2-4-6-17/h7-10,15,17-18,22,25H,2-6,11-14,16H2,1H3,(H,26,27)/t18-,22+/m0/s1. The number of hydrogen-bond acceptors (Lipinski definition) is 7. The summed E-state index contributed by atoms with van der Waals surface area (Å²) in [5.41, 5.74) is 0. The molecule has 1 aliphatic heterocycles. The molecule has 1 aromatic carbocycles. The lowest BCUT2D eigenvalue weighted by Crippen LogP contribution is -2.38. The third-order valence-corrected chi connectivity index (χ3v) is 8.16. The molecular formula is C23H33NO8S. The van der Waals surface area contributed by atoms with Crippen molar-refractivity contribution >= 4 is 16.0 Å². The van der Waals surface area contributed by atoms with Gasteiger partial charge in [0.2, 0.25) is 22.1 Å². The van der Waals surface area contributed by atoms with Crippen molar-refractivity contribution in [3.63, 3.8) is 0 Å². The zero-order chi connectivity index (χ0) is 23.8. The van der Waals surface area contributed by atoms with Crippen LogP contribution in [0.25, 0.3) is 0 Å². The summed E-state index contributed by atoms with van der Waals surface area (Å²) in [7, 11) is -2.36. The molecule has 0 saturated heterocycles.